The number of hydrogen-bond donors (Lipinski definition) is 0. The molecule has 0 spiro atoms. The standard InChI is InChI=1S/C40H43N3O3/c1-46-41-40(34-12-8-30(9-13-34)28-38(44)32-16-20-36(21-17-32)42-24-4-2-5-25-42)35-14-10-31(11-15-35)29-39(45)33-18-22-37(23-19-33)43-26-6-3-7-27-43/h8-23H,2-7,24-29H2,1H3. The van der Waals surface area contributed by atoms with Crippen molar-refractivity contribution in [3.63, 3.8) is 0 Å². The first-order valence-corrected chi connectivity index (χ1v) is 16.6. The zero-order valence-corrected chi connectivity index (χ0v) is 26.8. The molecule has 0 radical (unpaired) electrons. The number of rotatable bonds is 11. The number of nitrogens with zero attached hydrogens (tertiary/aromatic N) is 3. The smallest absolute Gasteiger partial charge is 0.167 e. The van der Waals surface area contributed by atoms with Crippen molar-refractivity contribution in [1.29, 1.82) is 0 Å². The molecule has 2 aliphatic rings. The van der Waals surface area contributed by atoms with E-state index in [2.05, 4.69) is 39.2 Å². The summed E-state index contributed by atoms with van der Waals surface area (Å²) in [6.45, 7) is 4.36. The molecule has 236 valence electrons. The van der Waals surface area contributed by atoms with E-state index in [1.54, 1.807) is 0 Å². The van der Waals surface area contributed by atoms with E-state index in [-0.39, 0.29) is 11.6 Å². The molecule has 4 aromatic carbocycles. The lowest BCUT2D eigenvalue weighted by atomic mass is 9.96. The van der Waals surface area contributed by atoms with Gasteiger partial charge in [0.15, 0.2) is 11.6 Å². The first-order chi connectivity index (χ1) is 22.6. The van der Waals surface area contributed by atoms with Gasteiger partial charge in [-0.25, -0.2) is 0 Å². The van der Waals surface area contributed by atoms with Crippen LogP contribution in [0.3, 0.4) is 0 Å². The normalized spacial score (nSPS) is 14.9. The summed E-state index contributed by atoms with van der Waals surface area (Å²) in [7, 11) is 1.53. The van der Waals surface area contributed by atoms with Crippen LogP contribution in [0.1, 0.15) is 81.5 Å². The highest BCUT2D eigenvalue weighted by Crippen LogP contribution is 2.23. The summed E-state index contributed by atoms with van der Waals surface area (Å²) in [5, 5.41) is 4.31. The van der Waals surface area contributed by atoms with Crippen molar-refractivity contribution in [3.8, 4) is 0 Å². The summed E-state index contributed by atoms with van der Waals surface area (Å²) in [5.74, 6) is 0.207. The van der Waals surface area contributed by atoms with E-state index in [9.17, 15) is 9.59 Å². The van der Waals surface area contributed by atoms with E-state index in [1.807, 2.05) is 72.8 Å². The van der Waals surface area contributed by atoms with Gasteiger partial charge in [-0.15, -0.1) is 0 Å². The average Bonchev–Trinajstić information content (AvgIpc) is 3.12. The Hall–Kier alpha value is -4.71. The molecule has 2 aliphatic heterocycles. The third-order valence-electron chi connectivity index (χ3n) is 9.19. The van der Waals surface area contributed by atoms with Crippen LogP contribution in [0.2, 0.25) is 0 Å². The highest BCUT2D eigenvalue weighted by molar-refractivity contribution is 6.12. The number of carbonyl (C=O) groups is 2. The van der Waals surface area contributed by atoms with Crippen LogP contribution in [0, 0.1) is 0 Å². The van der Waals surface area contributed by atoms with Crippen molar-refractivity contribution in [1.82, 2.24) is 0 Å². The largest absolute Gasteiger partial charge is 0.399 e. The fraction of sp³-hybridized carbons (Fsp3) is 0.325. The van der Waals surface area contributed by atoms with Gasteiger partial charge in [0.1, 0.15) is 12.8 Å². The molecule has 0 aliphatic carbocycles. The summed E-state index contributed by atoms with van der Waals surface area (Å²) >= 11 is 0. The molecular formula is C40H43N3O3. The van der Waals surface area contributed by atoms with Crippen molar-refractivity contribution >= 4 is 28.7 Å². The summed E-state index contributed by atoms with van der Waals surface area (Å²) < 4.78 is 0. The van der Waals surface area contributed by atoms with Gasteiger partial charge in [-0.1, -0.05) is 53.7 Å². The predicted molar refractivity (Wildman–Crippen MR) is 187 cm³/mol. The fourth-order valence-electron chi connectivity index (χ4n) is 6.52. The summed E-state index contributed by atoms with van der Waals surface area (Å²) in [4.78, 5) is 36.1. The minimum atomic E-state index is 0.104. The number of piperidine rings is 2. The quantitative estimate of drug-likeness (QED) is 0.0977. The van der Waals surface area contributed by atoms with Crippen molar-refractivity contribution < 1.29 is 14.4 Å². The Balaban J connectivity index is 1.06. The SMILES string of the molecule is CON=C(c1ccc(CC(=O)c2ccc(N3CCCCC3)cc2)cc1)c1ccc(CC(=O)c2ccc(N3CCCCC3)cc2)cc1. The number of benzene rings is 4. The van der Waals surface area contributed by atoms with Gasteiger partial charge >= 0.3 is 0 Å². The Morgan fingerprint density at radius 2 is 0.870 bits per heavy atom. The zero-order chi connectivity index (χ0) is 31.7. The number of ketones is 2. The zero-order valence-electron chi connectivity index (χ0n) is 26.8. The van der Waals surface area contributed by atoms with E-state index < -0.39 is 0 Å². The maximum absolute atomic E-state index is 13.0. The van der Waals surface area contributed by atoms with Gasteiger partial charge in [-0.2, -0.15) is 0 Å². The molecule has 4 aromatic rings. The Morgan fingerprint density at radius 3 is 1.22 bits per heavy atom. The van der Waals surface area contributed by atoms with Gasteiger partial charge in [-0.05, 0) is 98.2 Å². The second-order valence-corrected chi connectivity index (χ2v) is 12.4. The second kappa shape index (κ2) is 15.0. The molecule has 0 bridgehead atoms. The van der Waals surface area contributed by atoms with E-state index in [4.69, 9.17) is 4.84 Å². The summed E-state index contributed by atoms with van der Waals surface area (Å²) in [5.41, 5.74) is 8.24. The van der Waals surface area contributed by atoms with Crippen LogP contribution < -0.4 is 9.80 Å². The lowest BCUT2D eigenvalue weighted by Gasteiger charge is -2.28. The van der Waals surface area contributed by atoms with Gasteiger partial charge in [0.05, 0.1) is 0 Å². The molecule has 6 heteroatoms. The molecule has 0 aromatic heterocycles. The van der Waals surface area contributed by atoms with Crippen molar-refractivity contribution in [2.45, 2.75) is 51.4 Å². The topological polar surface area (TPSA) is 62.2 Å². The number of oxime groups is 1. The molecule has 0 unspecified atom stereocenters. The third-order valence-corrected chi connectivity index (χ3v) is 9.19. The molecular weight excluding hydrogens is 570 g/mol. The number of anilines is 2. The Morgan fingerprint density at radius 1 is 0.522 bits per heavy atom. The van der Waals surface area contributed by atoms with Crippen LogP contribution in [-0.2, 0) is 17.7 Å². The van der Waals surface area contributed by atoms with Gasteiger partial charge in [0.2, 0.25) is 0 Å². The molecule has 0 atom stereocenters. The average molecular weight is 614 g/mol. The maximum atomic E-state index is 13.0. The van der Waals surface area contributed by atoms with Crippen molar-refractivity contribution in [2.24, 2.45) is 5.16 Å². The van der Waals surface area contributed by atoms with Gasteiger partial charge in [-0.3, -0.25) is 9.59 Å². The first kappa shape index (κ1) is 31.3. The molecule has 0 N–H and O–H groups in total. The van der Waals surface area contributed by atoms with Crippen LogP contribution in [-0.4, -0.2) is 50.6 Å². The molecule has 2 heterocycles. The van der Waals surface area contributed by atoms with E-state index in [0.29, 0.717) is 18.6 Å². The highest BCUT2D eigenvalue weighted by atomic mass is 16.6. The lowest BCUT2D eigenvalue weighted by Crippen LogP contribution is -2.29. The van der Waals surface area contributed by atoms with Crippen molar-refractivity contribution in [2.75, 3.05) is 43.1 Å². The fourth-order valence-corrected chi connectivity index (χ4v) is 6.52. The predicted octanol–water partition coefficient (Wildman–Crippen LogP) is 7.92. The van der Waals surface area contributed by atoms with Crippen LogP contribution in [0.4, 0.5) is 11.4 Å². The Bertz CT molecular complexity index is 1510. The lowest BCUT2D eigenvalue weighted by molar-refractivity contribution is 0.0985. The Labute approximate surface area is 272 Å². The number of hydrogen-bond acceptors (Lipinski definition) is 6. The van der Waals surface area contributed by atoms with Crippen molar-refractivity contribution in [3.05, 3.63) is 130 Å². The molecule has 46 heavy (non-hydrogen) atoms. The Kier molecular flexibility index (Phi) is 10.2. The summed E-state index contributed by atoms with van der Waals surface area (Å²) in [6, 6.07) is 31.9. The van der Waals surface area contributed by atoms with Crippen LogP contribution in [0.25, 0.3) is 0 Å². The number of Topliss-reactive ketones (excluding diaryl/α,β-unsaturated/α-hetero) is 2. The maximum Gasteiger partial charge on any atom is 0.167 e. The molecule has 0 amide bonds. The van der Waals surface area contributed by atoms with Gasteiger partial charge < -0.3 is 14.6 Å². The van der Waals surface area contributed by atoms with E-state index in [1.165, 1.54) is 57.0 Å². The van der Waals surface area contributed by atoms with E-state index >= 15 is 0 Å². The molecule has 6 rings (SSSR count). The van der Waals surface area contributed by atoms with Crippen LogP contribution in [0.15, 0.2) is 102 Å². The first-order valence-electron chi connectivity index (χ1n) is 16.6. The van der Waals surface area contributed by atoms with Crippen LogP contribution in [0.5, 0.6) is 0 Å². The molecule has 2 fully saturated rings. The van der Waals surface area contributed by atoms with E-state index in [0.717, 1.165) is 59.6 Å². The van der Waals surface area contributed by atoms with Gasteiger partial charge in [0, 0.05) is 72.6 Å². The monoisotopic (exact) mass is 613 g/mol. The molecule has 2 saturated heterocycles. The molecule has 6 nitrogen and oxygen atoms in total. The third kappa shape index (κ3) is 7.74. The minimum absolute atomic E-state index is 0.104. The minimum Gasteiger partial charge on any atom is -0.399 e. The molecule has 0 saturated carbocycles. The second-order valence-electron chi connectivity index (χ2n) is 12.4. The number of carbonyl (C=O) groups excluding carboxylic acids is 2. The van der Waals surface area contributed by atoms with Crippen LogP contribution >= 0.6 is 0 Å². The van der Waals surface area contributed by atoms with Gasteiger partial charge in [0.25, 0.3) is 0 Å². The highest BCUT2D eigenvalue weighted by Gasteiger charge is 2.15. The summed E-state index contributed by atoms with van der Waals surface area (Å²) in [6.07, 6.45) is 8.20.